The van der Waals surface area contributed by atoms with Crippen LogP contribution >= 0.6 is 0 Å². The van der Waals surface area contributed by atoms with Crippen LogP contribution in [0.2, 0.25) is 0 Å². The van der Waals surface area contributed by atoms with Crippen LogP contribution in [0, 0.1) is 5.92 Å². The molecule has 2 aromatic rings. The molecule has 0 saturated carbocycles. The zero-order valence-corrected chi connectivity index (χ0v) is 18.8. The van der Waals surface area contributed by atoms with Gasteiger partial charge in [-0.25, -0.2) is 9.59 Å². The minimum atomic E-state index is -1.01. The van der Waals surface area contributed by atoms with Crippen molar-refractivity contribution in [1.29, 1.82) is 0 Å². The van der Waals surface area contributed by atoms with Crippen LogP contribution < -0.4 is 10.2 Å². The Bertz CT molecular complexity index is 1080. The number of esters is 2. The van der Waals surface area contributed by atoms with Crippen LogP contribution in [-0.4, -0.2) is 37.0 Å². The first-order valence-corrected chi connectivity index (χ1v) is 10.7. The number of carbonyl (C=O) groups is 4. The summed E-state index contributed by atoms with van der Waals surface area (Å²) in [5, 5.41) is 2.73. The van der Waals surface area contributed by atoms with E-state index in [2.05, 4.69) is 5.32 Å². The van der Waals surface area contributed by atoms with Crippen molar-refractivity contribution in [3.63, 3.8) is 0 Å². The van der Waals surface area contributed by atoms with E-state index in [9.17, 15) is 19.2 Å². The maximum atomic E-state index is 13.1. The molecule has 172 valence electrons. The van der Waals surface area contributed by atoms with Crippen molar-refractivity contribution in [1.82, 2.24) is 0 Å². The topological polar surface area (TPSA) is 102 Å². The van der Waals surface area contributed by atoms with Gasteiger partial charge in [0.25, 0.3) is 0 Å². The summed E-state index contributed by atoms with van der Waals surface area (Å²) in [4.78, 5) is 52.2. The van der Waals surface area contributed by atoms with Crippen LogP contribution in [0.15, 0.2) is 65.9 Å². The van der Waals surface area contributed by atoms with Crippen molar-refractivity contribution >= 4 is 35.1 Å². The molecule has 1 heterocycles. The Balaban J connectivity index is 1.89. The number of ether oxygens (including phenoxy) is 2. The molecular formula is C25H26N2O6. The first-order chi connectivity index (χ1) is 15.9. The number of amides is 2. The SMILES string of the molecule is CCOC(=O)C1=C(C)N(c2ccccc2)C(=O)C[C@H]1C(=O)Nc1ccc(C(=O)OCC)cc1. The monoisotopic (exact) mass is 450 g/mol. The van der Waals surface area contributed by atoms with E-state index in [1.807, 2.05) is 6.07 Å². The van der Waals surface area contributed by atoms with Crippen molar-refractivity contribution < 1.29 is 28.7 Å². The van der Waals surface area contributed by atoms with Crippen molar-refractivity contribution in [2.45, 2.75) is 27.2 Å². The molecule has 0 radical (unpaired) electrons. The average molecular weight is 450 g/mol. The summed E-state index contributed by atoms with van der Waals surface area (Å²) in [6.07, 6.45) is -0.187. The smallest absolute Gasteiger partial charge is 0.338 e. The summed E-state index contributed by atoms with van der Waals surface area (Å²) in [7, 11) is 0. The van der Waals surface area contributed by atoms with E-state index in [4.69, 9.17) is 9.47 Å². The predicted octanol–water partition coefficient (Wildman–Crippen LogP) is 3.69. The molecule has 1 aliphatic heterocycles. The maximum Gasteiger partial charge on any atom is 0.338 e. The van der Waals surface area contributed by atoms with Crippen LogP contribution in [0.5, 0.6) is 0 Å². The minimum Gasteiger partial charge on any atom is -0.463 e. The lowest BCUT2D eigenvalue weighted by Crippen LogP contribution is -2.43. The Morgan fingerprint density at radius 1 is 0.939 bits per heavy atom. The van der Waals surface area contributed by atoms with Crippen LogP contribution in [-0.2, 0) is 23.9 Å². The second-order valence-electron chi connectivity index (χ2n) is 7.33. The lowest BCUT2D eigenvalue weighted by molar-refractivity contribution is -0.141. The molecule has 1 aliphatic rings. The summed E-state index contributed by atoms with van der Waals surface area (Å²) >= 11 is 0. The van der Waals surface area contributed by atoms with Gasteiger partial charge in [0.15, 0.2) is 0 Å². The third-order valence-electron chi connectivity index (χ3n) is 5.19. The number of allylic oxidation sites excluding steroid dienone is 1. The fraction of sp³-hybridized carbons (Fsp3) is 0.280. The van der Waals surface area contributed by atoms with Gasteiger partial charge in [0.1, 0.15) is 0 Å². The standard InChI is InChI=1S/C25H26N2O6/c1-4-32-24(30)17-11-13-18(14-12-17)26-23(29)20-15-21(28)27(19-9-7-6-8-10-19)16(3)22(20)25(31)33-5-2/h6-14,20H,4-5,15H2,1-3H3,(H,26,29)/t20-/m1/s1. The van der Waals surface area contributed by atoms with E-state index in [1.54, 1.807) is 57.2 Å². The van der Waals surface area contributed by atoms with Gasteiger partial charge in [-0.05, 0) is 57.2 Å². The fourth-order valence-corrected chi connectivity index (χ4v) is 3.70. The summed E-state index contributed by atoms with van der Waals surface area (Å²) in [5.41, 5.74) is 1.88. The highest BCUT2D eigenvalue weighted by atomic mass is 16.5. The third kappa shape index (κ3) is 5.28. The molecule has 0 bridgehead atoms. The summed E-state index contributed by atoms with van der Waals surface area (Å²) in [5.74, 6) is -2.92. The number of para-hydroxylation sites is 1. The molecule has 8 heteroatoms. The third-order valence-corrected chi connectivity index (χ3v) is 5.19. The summed E-state index contributed by atoms with van der Waals surface area (Å²) in [6, 6.07) is 15.1. The number of anilines is 2. The van der Waals surface area contributed by atoms with E-state index in [-0.39, 0.29) is 31.1 Å². The lowest BCUT2D eigenvalue weighted by atomic mass is 9.88. The van der Waals surface area contributed by atoms with Crippen LogP contribution in [0.25, 0.3) is 0 Å². The number of rotatable bonds is 7. The highest BCUT2D eigenvalue weighted by Gasteiger charge is 2.40. The molecule has 0 aliphatic carbocycles. The maximum absolute atomic E-state index is 13.1. The van der Waals surface area contributed by atoms with Gasteiger partial charge in [-0.1, -0.05) is 18.2 Å². The molecule has 0 saturated heterocycles. The number of hydrogen-bond acceptors (Lipinski definition) is 6. The van der Waals surface area contributed by atoms with E-state index in [1.165, 1.54) is 17.0 Å². The van der Waals surface area contributed by atoms with Gasteiger partial charge in [0.05, 0.1) is 30.3 Å². The number of nitrogens with zero attached hydrogens (tertiary/aromatic N) is 1. The van der Waals surface area contributed by atoms with Gasteiger partial charge >= 0.3 is 11.9 Å². The molecule has 8 nitrogen and oxygen atoms in total. The molecule has 0 spiro atoms. The number of benzene rings is 2. The number of hydrogen-bond donors (Lipinski definition) is 1. The zero-order valence-electron chi connectivity index (χ0n) is 18.8. The lowest BCUT2D eigenvalue weighted by Gasteiger charge is -2.33. The molecule has 2 amide bonds. The second kappa shape index (κ2) is 10.6. The average Bonchev–Trinajstić information content (AvgIpc) is 2.80. The van der Waals surface area contributed by atoms with Crippen LogP contribution in [0.3, 0.4) is 0 Å². The summed E-state index contributed by atoms with van der Waals surface area (Å²) in [6.45, 7) is 5.42. The predicted molar refractivity (Wildman–Crippen MR) is 122 cm³/mol. The van der Waals surface area contributed by atoms with Crippen molar-refractivity contribution in [2.24, 2.45) is 5.92 Å². The molecule has 2 aromatic carbocycles. The first kappa shape index (κ1) is 23.7. The highest BCUT2D eigenvalue weighted by molar-refractivity contribution is 6.10. The fourth-order valence-electron chi connectivity index (χ4n) is 3.70. The second-order valence-corrected chi connectivity index (χ2v) is 7.33. The normalized spacial score (nSPS) is 15.8. The molecule has 33 heavy (non-hydrogen) atoms. The minimum absolute atomic E-state index is 0.137. The molecular weight excluding hydrogens is 424 g/mol. The Morgan fingerprint density at radius 2 is 1.55 bits per heavy atom. The van der Waals surface area contributed by atoms with E-state index >= 15 is 0 Å². The van der Waals surface area contributed by atoms with E-state index in [0.717, 1.165) is 0 Å². The van der Waals surface area contributed by atoms with Crippen molar-refractivity contribution in [3.8, 4) is 0 Å². The van der Waals surface area contributed by atoms with Gasteiger partial charge in [-0.2, -0.15) is 0 Å². The molecule has 1 N–H and O–H groups in total. The van der Waals surface area contributed by atoms with Gasteiger partial charge < -0.3 is 14.8 Å². The van der Waals surface area contributed by atoms with E-state index in [0.29, 0.717) is 22.6 Å². The molecule has 0 aromatic heterocycles. The van der Waals surface area contributed by atoms with Gasteiger partial charge in [-0.15, -0.1) is 0 Å². The highest BCUT2D eigenvalue weighted by Crippen LogP contribution is 2.34. The quantitative estimate of drug-likeness (QED) is 0.646. The molecule has 0 fully saturated rings. The first-order valence-electron chi connectivity index (χ1n) is 10.7. The zero-order chi connectivity index (χ0) is 24.0. The van der Waals surface area contributed by atoms with Crippen LogP contribution in [0.4, 0.5) is 11.4 Å². The Hall–Kier alpha value is -3.94. The number of carbonyl (C=O) groups excluding carboxylic acids is 4. The van der Waals surface area contributed by atoms with E-state index < -0.39 is 23.8 Å². The van der Waals surface area contributed by atoms with Gasteiger partial charge in [0, 0.05) is 23.5 Å². The Morgan fingerprint density at radius 3 is 2.15 bits per heavy atom. The van der Waals surface area contributed by atoms with Crippen LogP contribution in [0.1, 0.15) is 37.6 Å². The van der Waals surface area contributed by atoms with Gasteiger partial charge in [0.2, 0.25) is 11.8 Å². The Labute approximate surface area is 192 Å². The number of nitrogens with one attached hydrogen (secondary N) is 1. The Kier molecular flexibility index (Phi) is 7.61. The van der Waals surface area contributed by atoms with Gasteiger partial charge in [-0.3, -0.25) is 14.5 Å². The summed E-state index contributed by atoms with van der Waals surface area (Å²) < 4.78 is 10.2. The molecule has 1 atom stereocenters. The molecule has 3 rings (SSSR count). The van der Waals surface area contributed by atoms with Crippen molar-refractivity contribution in [3.05, 3.63) is 71.4 Å². The van der Waals surface area contributed by atoms with Crippen molar-refractivity contribution in [2.75, 3.05) is 23.4 Å². The molecule has 0 unspecified atom stereocenters. The largest absolute Gasteiger partial charge is 0.463 e.